The molecule has 2 rings (SSSR count). The summed E-state index contributed by atoms with van der Waals surface area (Å²) >= 11 is 0. The summed E-state index contributed by atoms with van der Waals surface area (Å²) in [5.74, 6) is 0. The van der Waals surface area contributed by atoms with Crippen molar-refractivity contribution in [1.29, 1.82) is 0 Å². The monoisotopic (exact) mass is 258 g/mol. The Morgan fingerprint density at radius 1 is 1.32 bits per heavy atom. The van der Waals surface area contributed by atoms with Crippen LogP contribution in [-0.4, -0.2) is 21.3 Å². The van der Waals surface area contributed by atoms with E-state index >= 15 is 0 Å². The zero-order valence-electron chi connectivity index (χ0n) is 11.0. The molecule has 2 aromatic heterocycles. The number of hydrogen-bond donors (Lipinski definition) is 1. The van der Waals surface area contributed by atoms with Crippen molar-refractivity contribution >= 4 is 5.69 Å². The third kappa shape index (κ3) is 3.91. The van der Waals surface area contributed by atoms with Gasteiger partial charge in [-0.3, -0.25) is 9.78 Å². The van der Waals surface area contributed by atoms with E-state index in [-0.39, 0.29) is 5.56 Å². The van der Waals surface area contributed by atoms with Gasteiger partial charge in [0, 0.05) is 31.5 Å². The van der Waals surface area contributed by atoms with E-state index in [1.807, 2.05) is 12.1 Å². The van der Waals surface area contributed by atoms with Crippen LogP contribution in [-0.2, 0) is 13.0 Å². The van der Waals surface area contributed by atoms with Crippen LogP contribution in [0.4, 0.5) is 5.69 Å². The lowest BCUT2D eigenvalue weighted by Gasteiger charge is -2.07. The summed E-state index contributed by atoms with van der Waals surface area (Å²) in [6, 6.07) is 5.49. The number of pyridine rings is 1. The SMILES string of the molecule is CCCNc1cnn(CCc2ccncc2)c(=O)c1. The quantitative estimate of drug-likeness (QED) is 0.856. The van der Waals surface area contributed by atoms with Crippen LogP contribution in [0.25, 0.3) is 0 Å². The van der Waals surface area contributed by atoms with Crippen molar-refractivity contribution in [3.8, 4) is 0 Å². The van der Waals surface area contributed by atoms with Crippen LogP contribution in [0.5, 0.6) is 0 Å². The maximum Gasteiger partial charge on any atom is 0.268 e. The Morgan fingerprint density at radius 3 is 2.79 bits per heavy atom. The van der Waals surface area contributed by atoms with Crippen molar-refractivity contribution in [2.75, 3.05) is 11.9 Å². The highest BCUT2D eigenvalue weighted by Crippen LogP contribution is 2.01. The number of hydrogen-bond acceptors (Lipinski definition) is 4. The first-order valence-electron chi connectivity index (χ1n) is 6.49. The standard InChI is InChI=1S/C14H18N4O/c1-2-6-16-13-10-14(19)18(17-11-13)9-5-12-3-7-15-8-4-12/h3-4,7-8,10-11,16H,2,5-6,9H2,1H3. The Labute approximate surface area is 112 Å². The summed E-state index contributed by atoms with van der Waals surface area (Å²) in [5, 5.41) is 7.32. The van der Waals surface area contributed by atoms with Crippen molar-refractivity contribution in [1.82, 2.24) is 14.8 Å². The van der Waals surface area contributed by atoms with Crippen LogP contribution in [0.1, 0.15) is 18.9 Å². The van der Waals surface area contributed by atoms with Gasteiger partial charge < -0.3 is 5.32 Å². The van der Waals surface area contributed by atoms with Gasteiger partial charge in [0.15, 0.2) is 0 Å². The molecule has 19 heavy (non-hydrogen) atoms. The van der Waals surface area contributed by atoms with Gasteiger partial charge >= 0.3 is 0 Å². The van der Waals surface area contributed by atoms with Gasteiger partial charge in [0.05, 0.1) is 11.9 Å². The molecule has 0 atom stereocenters. The summed E-state index contributed by atoms with van der Waals surface area (Å²) in [6.45, 7) is 3.51. The second kappa shape index (κ2) is 6.68. The predicted octanol–water partition coefficient (Wildman–Crippen LogP) is 1.70. The lowest BCUT2D eigenvalue weighted by atomic mass is 10.2. The number of rotatable bonds is 6. The van der Waals surface area contributed by atoms with Crippen molar-refractivity contribution in [3.05, 3.63) is 52.7 Å². The highest BCUT2D eigenvalue weighted by atomic mass is 16.1. The summed E-state index contributed by atoms with van der Waals surface area (Å²) in [6.07, 6.45) is 7.00. The third-order valence-corrected chi connectivity index (χ3v) is 2.81. The molecule has 0 bridgehead atoms. The molecule has 5 heteroatoms. The Morgan fingerprint density at radius 2 is 2.11 bits per heavy atom. The maximum atomic E-state index is 11.9. The molecule has 0 aromatic carbocycles. The van der Waals surface area contributed by atoms with Crippen LogP contribution < -0.4 is 10.9 Å². The van der Waals surface area contributed by atoms with Crippen LogP contribution >= 0.6 is 0 Å². The van der Waals surface area contributed by atoms with Crippen LogP contribution in [0, 0.1) is 0 Å². The average Bonchev–Trinajstić information content (AvgIpc) is 2.45. The largest absolute Gasteiger partial charge is 0.384 e. The van der Waals surface area contributed by atoms with Crippen molar-refractivity contribution in [3.63, 3.8) is 0 Å². The minimum Gasteiger partial charge on any atom is -0.384 e. The third-order valence-electron chi connectivity index (χ3n) is 2.81. The molecule has 0 fully saturated rings. The molecular weight excluding hydrogens is 240 g/mol. The fourth-order valence-corrected chi connectivity index (χ4v) is 1.75. The van der Waals surface area contributed by atoms with E-state index in [4.69, 9.17) is 0 Å². The molecule has 2 aromatic rings. The van der Waals surface area contributed by atoms with Gasteiger partial charge in [-0.15, -0.1) is 0 Å². The molecular formula is C14H18N4O. The van der Waals surface area contributed by atoms with E-state index in [2.05, 4.69) is 22.3 Å². The molecule has 0 aliphatic heterocycles. The first kappa shape index (κ1) is 13.3. The molecule has 0 aliphatic rings. The normalized spacial score (nSPS) is 10.4. The zero-order chi connectivity index (χ0) is 13.5. The molecule has 0 amide bonds. The predicted molar refractivity (Wildman–Crippen MR) is 75.2 cm³/mol. The van der Waals surface area contributed by atoms with E-state index in [1.54, 1.807) is 24.7 Å². The molecule has 0 unspecified atom stereocenters. The van der Waals surface area contributed by atoms with Gasteiger partial charge in [0.1, 0.15) is 0 Å². The number of nitrogens with one attached hydrogen (secondary N) is 1. The smallest absolute Gasteiger partial charge is 0.268 e. The number of nitrogens with zero attached hydrogens (tertiary/aromatic N) is 3. The Balaban J connectivity index is 1.99. The van der Waals surface area contributed by atoms with E-state index < -0.39 is 0 Å². The number of aromatic nitrogens is 3. The van der Waals surface area contributed by atoms with Crippen LogP contribution in [0.15, 0.2) is 41.6 Å². The summed E-state index contributed by atoms with van der Waals surface area (Å²) in [7, 11) is 0. The minimum atomic E-state index is -0.0739. The molecule has 100 valence electrons. The summed E-state index contributed by atoms with van der Waals surface area (Å²) in [4.78, 5) is 15.8. The van der Waals surface area contributed by atoms with E-state index in [9.17, 15) is 4.79 Å². The van der Waals surface area contributed by atoms with Gasteiger partial charge in [0.2, 0.25) is 0 Å². The number of aryl methyl sites for hydroxylation is 2. The van der Waals surface area contributed by atoms with Crippen LogP contribution in [0.2, 0.25) is 0 Å². The molecule has 1 N–H and O–H groups in total. The first-order valence-corrected chi connectivity index (χ1v) is 6.49. The molecule has 0 saturated heterocycles. The second-order valence-electron chi connectivity index (χ2n) is 4.34. The Kier molecular flexibility index (Phi) is 4.66. The Hall–Kier alpha value is -2.17. The number of anilines is 1. The second-order valence-corrected chi connectivity index (χ2v) is 4.34. The van der Waals surface area contributed by atoms with Gasteiger partial charge in [-0.1, -0.05) is 6.92 Å². The van der Waals surface area contributed by atoms with Gasteiger partial charge in [-0.05, 0) is 30.5 Å². The first-order chi connectivity index (χ1) is 9.29. The van der Waals surface area contributed by atoms with Crippen molar-refractivity contribution in [2.45, 2.75) is 26.3 Å². The van der Waals surface area contributed by atoms with E-state index in [0.717, 1.165) is 30.6 Å². The van der Waals surface area contributed by atoms with Crippen molar-refractivity contribution < 1.29 is 0 Å². The van der Waals surface area contributed by atoms with Gasteiger partial charge in [-0.2, -0.15) is 5.10 Å². The minimum absolute atomic E-state index is 0.0739. The average molecular weight is 258 g/mol. The molecule has 2 heterocycles. The van der Waals surface area contributed by atoms with Crippen molar-refractivity contribution in [2.24, 2.45) is 0 Å². The van der Waals surface area contributed by atoms with E-state index in [0.29, 0.717) is 6.54 Å². The lowest BCUT2D eigenvalue weighted by Crippen LogP contribution is -2.23. The maximum absolute atomic E-state index is 11.9. The van der Waals surface area contributed by atoms with Gasteiger partial charge in [0.25, 0.3) is 5.56 Å². The highest BCUT2D eigenvalue weighted by Gasteiger charge is 2.00. The molecule has 0 spiro atoms. The molecule has 0 aliphatic carbocycles. The molecule has 0 saturated carbocycles. The molecule has 5 nitrogen and oxygen atoms in total. The fraction of sp³-hybridized carbons (Fsp3) is 0.357. The van der Waals surface area contributed by atoms with Crippen LogP contribution in [0.3, 0.4) is 0 Å². The zero-order valence-corrected chi connectivity index (χ0v) is 11.0. The Bertz CT molecular complexity index is 565. The topological polar surface area (TPSA) is 59.8 Å². The van der Waals surface area contributed by atoms with E-state index in [1.165, 1.54) is 4.68 Å². The highest BCUT2D eigenvalue weighted by molar-refractivity contribution is 5.38. The molecule has 0 radical (unpaired) electrons. The summed E-state index contributed by atoms with van der Waals surface area (Å²) < 4.78 is 1.48. The lowest BCUT2D eigenvalue weighted by molar-refractivity contribution is 0.578. The fourth-order valence-electron chi connectivity index (χ4n) is 1.75. The summed E-state index contributed by atoms with van der Waals surface area (Å²) in [5.41, 5.74) is 1.86. The van der Waals surface area contributed by atoms with Gasteiger partial charge in [-0.25, -0.2) is 4.68 Å².